The lowest BCUT2D eigenvalue weighted by Gasteiger charge is -2.34. The molecule has 4 nitrogen and oxygen atoms in total. The van der Waals surface area contributed by atoms with E-state index < -0.39 is 0 Å². The Morgan fingerprint density at radius 1 is 1.47 bits per heavy atom. The van der Waals surface area contributed by atoms with E-state index in [0.29, 0.717) is 11.8 Å². The van der Waals surface area contributed by atoms with Crippen molar-refractivity contribution >= 4 is 5.91 Å². The Hall–Kier alpha value is -0.610. The number of likely N-dealkylation sites (tertiary alicyclic amines) is 1. The Morgan fingerprint density at radius 3 is 3.06 bits per heavy atom. The van der Waals surface area contributed by atoms with Crippen molar-refractivity contribution in [1.82, 2.24) is 10.2 Å². The van der Waals surface area contributed by atoms with Crippen molar-refractivity contribution < 1.29 is 9.53 Å². The Balaban J connectivity index is 1.81. The van der Waals surface area contributed by atoms with Gasteiger partial charge >= 0.3 is 0 Å². The molecular weight excluding hydrogens is 216 g/mol. The molecule has 1 amide bonds. The Bertz CT molecular complexity index is 252. The second-order valence-electron chi connectivity index (χ2n) is 5.14. The summed E-state index contributed by atoms with van der Waals surface area (Å²) in [5, 5.41) is 3.27. The molecule has 0 radical (unpaired) electrons. The van der Waals surface area contributed by atoms with Crippen LogP contribution in [0, 0.1) is 11.8 Å². The first-order chi connectivity index (χ1) is 8.31. The number of rotatable bonds is 4. The van der Waals surface area contributed by atoms with Crippen molar-refractivity contribution in [2.45, 2.75) is 26.2 Å². The van der Waals surface area contributed by atoms with Gasteiger partial charge in [-0.1, -0.05) is 0 Å². The monoisotopic (exact) mass is 240 g/mol. The number of hydrogen-bond donors (Lipinski definition) is 1. The lowest BCUT2D eigenvalue weighted by Crippen LogP contribution is -2.44. The maximum absolute atomic E-state index is 12.3. The predicted molar refractivity (Wildman–Crippen MR) is 66.8 cm³/mol. The number of ether oxygens (including phenoxy) is 1. The Morgan fingerprint density at radius 2 is 2.35 bits per heavy atom. The molecule has 2 aliphatic rings. The minimum absolute atomic E-state index is 0.223. The van der Waals surface area contributed by atoms with Crippen LogP contribution in [0.3, 0.4) is 0 Å². The molecule has 0 spiro atoms. The van der Waals surface area contributed by atoms with Gasteiger partial charge in [0.05, 0.1) is 12.5 Å². The smallest absolute Gasteiger partial charge is 0.227 e. The van der Waals surface area contributed by atoms with E-state index in [1.165, 1.54) is 6.42 Å². The number of carbonyl (C=O) groups is 1. The van der Waals surface area contributed by atoms with Crippen LogP contribution in [-0.2, 0) is 9.53 Å². The van der Waals surface area contributed by atoms with Gasteiger partial charge in [-0.3, -0.25) is 4.79 Å². The summed E-state index contributed by atoms with van der Waals surface area (Å²) in [5.41, 5.74) is 0. The molecular formula is C13H24N2O2. The summed E-state index contributed by atoms with van der Waals surface area (Å²) in [4.78, 5) is 14.3. The van der Waals surface area contributed by atoms with E-state index in [9.17, 15) is 4.79 Å². The Kier molecular flexibility index (Phi) is 4.80. The van der Waals surface area contributed by atoms with Gasteiger partial charge in [0.15, 0.2) is 0 Å². The lowest BCUT2D eigenvalue weighted by atomic mass is 9.97. The maximum atomic E-state index is 12.3. The summed E-state index contributed by atoms with van der Waals surface area (Å²) in [7, 11) is 0. The third-order valence-electron chi connectivity index (χ3n) is 3.80. The molecule has 2 saturated heterocycles. The van der Waals surface area contributed by atoms with Gasteiger partial charge in [-0.25, -0.2) is 0 Å². The first-order valence-electron chi connectivity index (χ1n) is 6.88. The second-order valence-corrected chi connectivity index (χ2v) is 5.14. The van der Waals surface area contributed by atoms with Crippen LogP contribution in [0.4, 0.5) is 0 Å². The van der Waals surface area contributed by atoms with E-state index in [1.807, 2.05) is 6.92 Å². The highest BCUT2D eigenvalue weighted by molar-refractivity contribution is 5.79. The maximum Gasteiger partial charge on any atom is 0.227 e. The SMILES string of the molecule is CCOC[C@H]1CCCN(C(=O)[C@H]2CCNC2)C1. The third-order valence-corrected chi connectivity index (χ3v) is 3.80. The largest absolute Gasteiger partial charge is 0.381 e. The molecule has 0 aromatic rings. The highest BCUT2D eigenvalue weighted by Gasteiger charge is 2.30. The van der Waals surface area contributed by atoms with Crippen molar-refractivity contribution in [3.63, 3.8) is 0 Å². The summed E-state index contributed by atoms with van der Waals surface area (Å²) < 4.78 is 5.48. The van der Waals surface area contributed by atoms with Gasteiger partial charge in [0.2, 0.25) is 5.91 Å². The fourth-order valence-corrected chi connectivity index (χ4v) is 2.81. The molecule has 0 aliphatic carbocycles. The summed E-state index contributed by atoms with van der Waals surface area (Å²) in [6.45, 7) is 7.31. The fourth-order valence-electron chi connectivity index (χ4n) is 2.81. The van der Waals surface area contributed by atoms with Crippen molar-refractivity contribution in [2.75, 3.05) is 39.4 Å². The standard InChI is InChI=1S/C13H24N2O2/c1-2-17-10-11-4-3-7-15(9-11)13(16)12-5-6-14-8-12/h11-12,14H,2-10H2,1H3/t11-,12-/m0/s1. The van der Waals surface area contributed by atoms with Gasteiger partial charge in [-0.15, -0.1) is 0 Å². The van der Waals surface area contributed by atoms with Crippen LogP contribution < -0.4 is 5.32 Å². The van der Waals surface area contributed by atoms with E-state index in [2.05, 4.69) is 10.2 Å². The lowest BCUT2D eigenvalue weighted by molar-refractivity contribution is -0.137. The summed E-state index contributed by atoms with van der Waals surface area (Å²) in [6.07, 6.45) is 3.34. The van der Waals surface area contributed by atoms with Crippen molar-refractivity contribution in [3.05, 3.63) is 0 Å². The molecule has 0 saturated carbocycles. The highest BCUT2D eigenvalue weighted by Crippen LogP contribution is 2.20. The topological polar surface area (TPSA) is 41.6 Å². The zero-order valence-corrected chi connectivity index (χ0v) is 10.8. The number of amides is 1. The summed E-state index contributed by atoms with van der Waals surface area (Å²) >= 11 is 0. The first-order valence-corrected chi connectivity index (χ1v) is 6.88. The molecule has 1 N–H and O–H groups in total. The minimum atomic E-state index is 0.223. The van der Waals surface area contributed by atoms with Crippen molar-refractivity contribution in [3.8, 4) is 0 Å². The molecule has 0 unspecified atom stereocenters. The summed E-state index contributed by atoms with van der Waals surface area (Å²) in [5.74, 6) is 1.12. The molecule has 98 valence electrons. The van der Waals surface area contributed by atoms with E-state index in [1.54, 1.807) is 0 Å². The average Bonchev–Trinajstić information content (AvgIpc) is 2.89. The van der Waals surface area contributed by atoms with Crippen LogP contribution in [0.15, 0.2) is 0 Å². The fraction of sp³-hybridized carbons (Fsp3) is 0.923. The molecule has 2 rings (SSSR count). The molecule has 2 atom stereocenters. The summed E-state index contributed by atoms with van der Waals surface area (Å²) in [6, 6.07) is 0. The van der Waals surface area contributed by atoms with Gasteiger partial charge in [-0.05, 0) is 38.6 Å². The molecule has 2 fully saturated rings. The van der Waals surface area contributed by atoms with E-state index in [0.717, 1.165) is 52.2 Å². The number of nitrogens with zero attached hydrogens (tertiary/aromatic N) is 1. The van der Waals surface area contributed by atoms with Crippen LogP contribution >= 0.6 is 0 Å². The first kappa shape index (κ1) is 12.8. The Labute approximate surface area is 104 Å². The predicted octanol–water partition coefficient (Wildman–Crippen LogP) is 0.871. The van der Waals surface area contributed by atoms with Gasteiger partial charge in [-0.2, -0.15) is 0 Å². The van der Waals surface area contributed by atoms with Gasteiger partial charge in [0.1, 0.15) is 0 Å². The molecule has 2 aliphatic heterocycles. The van der Waals surface area contributed by atoms with Crippen molar-refractivity contribution in [2.24, 2.45) is 11.8 Å². The van der Waals surface area contributed by atoms with Crippen LogP contribution in [-0.4, -0.2) is 50.2 Å². The quantitative estimate of drug-likeness (QED) is 0.793. The van der Waals surface area contributed by atoms with Crippen molar-refractivity contribution in [1.29, 1.82) is 0 Å². The van der Waals surface area contributed by atoms with Crippen LogP contribution in [0.1, 0.15) is 26.2 Å². The number of piperidine rings is 1. The zero-order valence-electron chi connectivity index (χ0n) is 10.8. The second kappa shape index (κ2) is 6.36. The normalized spacial score (nSPS) is 29.6. The van der Waals surface area contributed by atoms with Gasteiger partial charge in [0, 0.05) is 26.2 Å². The number of hydrogen-bond acceptors (Lipinski definition) is 3. The highest BCUT2D eigenvalue weighted by atomic mass is 16.5. The molecule has 4 heteroatoms. The molecule has 2 heterocycles. The number of carbonyl (C=O) groups excluding carboxylic acids is 1. The van der Waals surface area contributed by atoms with Gasteiger partial charge < -0.3 is 15.0 Å². The minimum Gasteiger partial charge on any atom is -0.381 e. The van der Waals surface area contributed by atoms with Crippen LogP contribution in [0.2, 0.25) is 0 Å². The van der Waals surface area contributed by atoms with Crippen LogP contribution in [0.5, 0.6) is 0 Å². The molecule has 17 heavy (non-hydrogen) atoms. The zero-order chi connectivity index (χ0) is 12.1. The molecule has 0 bridgehead atoms. The third kappa shape index (κ3) is 3.42. The average molecular weight is 240 g/mol. The number of nitrogens with one attached hydrogen (secondary N) is 1. The van der Waals surface area contributed by atoms with E-state index in [4.69, 9.17) is 4.74 Å². The van der Waals surface area contributed by atoms with Crippen LogP contribution in [0.25, 0.3) is 0 Å². The van der Waals surface area contributed by atoms with E-state index in [-0.39, 0.29) is 5.92 Å². The van der Waals surface area contributed by atoms with E-state index >= 15 is 0 Å². The molecule has 0 aromatic heterocycles. The van der Waals surface area contributed by atoms with Gasteiger partial charge in [0.25, 0.3) is 0 Å². The molecule has 0 aromatic carbocycles.